The molecule has 10 heteroatoms. The van der Waals surface area contributed by atoms with Gasteiger partial charge in [0.25, 0.3) is 0 Å². The third-order valence-electron chi connectivity index (χ3n) is 3.13. The molecule has 4 atom stereocenters. The predicted molar refractivity (Wildman–Crippen MR) is 67.1 cm³/mol. The standard InChI is InChI=1S/C10H12N4O5.Na.H/c15-1-4-6(16)7(17)10(19-4)14-3-13-5-8(14)11-2-12-9(5)18;;/h2-4,6-7,10,15-17H,1H2,(H,11,12,18);;/t4-,6-,7-,10-;;/m1../s1. The van der Waals surface area contributed by atoms with Gasteiger partial charge in [0.1, 0.15) is 24.6 Å². The van der Waals surface area contributed by atoms with Gasteiger partial charge in [-0.05, 0) is 0 Å². The number of fused-ring (bicyclic) bond motifs is 1. The van der Waals surface area contributed by atoms with Gasteiger partial charge in [0.15, 0.2) is 17.4 Å². The number of aromatic hydroxyl groups is 1. The molecule has 1 saturated heterocycles. The van der Waals surface area contributed by atoms with Gasteiger partial charge in [0.05, 0.1) is 12.9 Å². The molecule has 9 nitrogen and oxygen atoms in total. The second kappa shape index (κ2) is 5.90. The number of hydrogen-bond acceptors (Lipinski definition) is 8. The number of rotatable bonds is 2. The summed E-state index contributed by atoms with van der Waals surface area (Å²) in [5.41, 5.74) is 0.433. The van der Waals surface area contributed by atoms with E-state index in [1.54, 1.807) is 0 Å². The molecule has 3 heterocycles. The van der Waals surface area contributed by atoms with E-state index in [9.17, 15) is 15.3 Å². The number of hydrogen-bond donors (Lipinski definition) is 4. The molecule has 2 aromatic rings. The van der Waals surface area contributed by atoms with Crippen molar-refractivity contribution in [2.75, 3.05) is 6.61 Å². The molecule has 0 radical (unpaired) electrons. The van der Waals surface area contributed by atoms with Crippen molar-refractivity contribution in [1.82, 2.24) is 19.5 Å². The zero-order valence-electron chi connectivity index (χ0n) is 9.66. The first-order valence-electron chi connectivity index (χ1n) is 5.62. The molecule has 0 saturated carbocycles. The van der Waals surface area contributed by atoms with Crippen molar-refractivity contribution in [2.45, 2.75) is 24.5 Å². The van der Waals surface area contributed by atoms with Gasteiger partial charge in [0, 0.05) is 0 Å². The number of imidazole rings is 1. The minimum absolute atomic E-state index is 0. The molecule has 1 fully saturated rings. The van der Waals surface area contributed by atoms with E-state index in [0.717, 1.165) is 6.33 Å². The maximum absolute atomic E-state index is 9.92. The summed E-state index contributed by atoms with van der Waals surface area (Å²) < 4.78 is 6.73. The summed E-state index contributed by atoms with van der Waals surface area (Å²) in [4.78, 5) is 11.5. The Balaban J connectivity index is 0.00000147. The molecule has 1 aliphatic rings. The molecule has 20 heavy (non-hydrogen) atoms. The second-order valence-corrected chi connectivity index (χ2v) is 4.25. The minimum atomic E-state index is -1.23. The van der Waals surface area contributed by atoms with Gasteiger partial charge in [-0.1, -0.05) is 0 Å². The summed E-state index contributed by atoms with van der Waals surface area (Å²) in [6.07, 6.45) is -1.79. The fraction of sp³-hybridized carbons (Fsp3) is 0.500. The van der Waals surface area contributed by atoms with Crippen LogP contribution in [0.15, 0.2) is 12.7 Å². The van der Waals surface area contributed by atoms with Crippen LogP contribution < -0.4 is 0 Å². The number of aliphatic hydroxyl groups is 3. The Labute approximate surface area is 135 Å². The van der Waals surface area contributed by atoms with E-state index >= 15 is 0 Å². The fourth-order valence-corrected chi connectivity index (χ4v) is 2.14. The van der Waals surface area contributed by atoms with Gasteiger partial charge < -0.3 is 25.2 Å². The first kappa shape index (κ1) is 15.6. The van der Waals surface area contributed by atoms with Crippen molar-refractivity contribution in [3.8, 4) is 5.88 Å². The Morgan fingerprint density at radius 2 is 1.95 bits per heavy atom. The van der Waals surface area contributed by atoms with E-state index < -0.39 is 31.1 Å². The molecule has 0 aromatic carbocycles. The van der Waals surface area contributed by atoms with Gasteiger partial charge in [-0.25, -0.2) is 9.97 Å². The van der Waals surface area contributed by atoms with Gasteiger partial charge in [-0.2, -0.15) is 4.98 Å². The van der Waals surface area contributed by atoms with Crippen LogP contribution in [0, 0.1) is 0 Å². The van der Waals surface area contributed by atoms with E-state index in [4.69, 9.17) is 9.84 Å². The molecule has 0 amide bonds. The molecule has 3 rings (SSSR count). The van der Waals surface area contributed by atoms with Crippen LogP contribution in [-0.4, -0.2) is 94.4 Å². The van der Waals surface area contributed by atoms with Crippen molar-refractivity contribution >= 4 is 40.7 Å². The van der Waals surface area contributed by atoms with Crippen LogP contribution in [0.2, 0.25) is 0 Å². The summed E-state index contributed by atoms with van der Waals surface area (Å²) in [6, 6.07) is 0. The van der Waals surface area contributed by atoms with Crippen LogP contribution in [0.5, 0.6) is 5.88 Å². The van der Waals surface area contributed by atoms with Crippen LogP contribution in [0.25, 0.3) is 11.2 Å². The van der Waals surface area contributed by atoms with E-state index in [1.165, 1.54) is 10.9 Å². The Morgan fingerprint density at radius 1 is 1.20 bits per heavy atom. The second-order valence-electron chi connectivity index (χ2n) is 4.25. The first-order valence-corrected chi connectivity index (χ1v) is 5.62. The zero-order chi connectivity index (χ0) is 13.6. The Bertz CT molecular complexity index is 608. The van der Waals surface area contributed by atoms with Crippen molar-refractivity contribution < 1.29 is 25.2 Å². The molecule has 0 unspecified atom stereocenters. The maximum atomic E-state index is 9.92. The van der Waals surface area contributed by atoms with Gasteiger partial charge in [0.2, 0.25) is 5.88 Å². The average Bonchev–Trinajstić information content (AvgIpc) is 2.94. The molecular weight excluding hydrogens is 279 g/mol. The summed E-state index contributed by atoms with van der Waals surface area (Å²) >= 11 is 0. The van der Waals surface area contributed by atoms with Crippen LogP contribution in [0.1, 0.15) is 6.23 Å². The first-order chi connectivity index (χ1) is 9.13. The fourth-order valence-electron chi connectivity index (χ4n) is 2.14. The van der Waals surface area contributed by atoms with Gasteiger partial charge in [-0.3, -0.25) is 4.57 Å². The predicted octanol–water partition coefficient (Wildman–Crippen LogP) is -2.51. The normalized spacial score (nSPS) is 29.6. The zero-order valence-corrected chi connectivity index (χ0v) is 9.66. The van der Waals surface area contributed by atoms with E-state index in [1.807, 2.05) is 0 Å². The van der Waals surface area contributed by atoms with E-state index in [-0.39, 0.29) is 46.6 Å². The number of nitrogens with zero attached hydrogens (tertiary/aromatic N) is 4. The molecule has 4 N–H and O–H groups in total. The molecule has 0 aliphatic carbocycles. The quantitative estimate of drug-likeness (QED) is 0.446. The van der Waals surface area contributed by atoms with E-state index in [2.05, 4.69) is 15.0 Å². The summed E-state index contributed by atoms with van der Waals surface area (Å²) in [6.45, 7) is -0.415. The third kappa shape index (κ3) is 2.31. The number of ether oxygens (including phenoxy) is 1. The van der Waals surface area contributed by atoms with Crippen molar-refractivity contribution in [1.29, 1.82) is 0 Å². The van der Waals surface area contributed by atoms with Crippen molar-refractivity contribution in [2.24, 2.45) is 0 Å². The van der Waals surface area contributed by atoms with Crippen molar-refractivity contribution in [3.63, 3.8) is 0 Å². The SMILES string of the molecule is OC[C@H]1O[C@@H](n2cnc3c(O)ncnc32)[C@H](O)[C@@H]1O.[NaH]. The summed E-state index contributed by atoms with van der Waals surface area (Å²) in [7, 11) is 0. The summed E-state index contributed by atoms with van der Waals surface area (Å²) in [5, 5.41) is 38.2. The Kier molecular flexibility index (Phi) is 4.59. The molecular formula is C10H13N4NaO5. The number of aliphatic hydroxyl groups excluding tert-OH is 3. The Hall–Kier alpha value is -0.810. The monoisotopic (exact) mass is 292 g/mol. The summed E-state index contributed by atoms with van der Waals surface area (Å²) in [5.74, 6) is -0.282. The molecule has 0 bridgehead atoms. The van der Waals surface area contributed by atoms with E-state index in [0.29, 0.717) is 0 Å². The topological polar surface area (TPSA) is 134 Å². The third-order valence-corrected chi connectivity index (χ3v) is 3.13. The van der Waals surface area contributed by atoms with Crippen molar-refractivity contribution in [3.05, 3.63) is 12.7 Å². The molecule has 0 spiro atoms. The van der Waals surface area contributed by atoms with Crippen LogP contribution in [0.4, 0.5) is 0 Å². The Morgan fingerprint density at radius 3 is 2.60 bits per heavy atom. The average molecular weight is 292 g/mol. The van der Waals surface area contributed by atoms with Crippen LogP contribution in [0.3, 0.4) is 0 Å². The van der Waals surface area contributed by atoms with Gasteiger partial charge in [-0.15, -0.1) is 0 Å². The molecule has 2 aromatic heterocycles. The number of aromatic nitrogens is 4. The van der Waals surface area contributed by atoms with Crippen LogP contribution in [-0.2, 0) is 4.74 Å². The molecule has 1 aliphatic heterocycles. The van der Waals surface area contributed by atoms with Crippen LogP contribution >= 0.6 is 0 Å². The van der Waals surface area contributed by atoms with Gasteiger partial charge >= 0.3 is 29.6 Å². The molecule has 104 valence electrons.